The van der Waals surface area contributed by atoms with E-state index in [9.17, 15) is 18.0 Å². The second kappa shape index (κ2) is 5.05. The summed E-state index contributed by atoms with van der Waals surface area (Å²) < 4.78 is 42.2. The first-order valence-corrected chi connectivity index (χ1v) is 5.66. The summed E-state index contributed by atoms with van der Waals surface area (Å²) in [5, 5.41) is 3.20. The second-order valence-electron chi connectivity index (χ2n) is 4.20. The zero-order valence-electron chi connectivity index (χ0n) is 10.1. The van der Waals surface area contributed by atoms with Gasteiger partial charge in [0.15, 0.2) is 5.78 Å². The van der Waals surface area contributed by atoms with Crippen molar-refractivity contribution in [1.29, 1.82) is 0 Å². The molecule has 1 atom stereocenters. The van der Waals surface area contributed by atoms with Crippen molar-refractivity contribution in [3.63, 3.8) is 0 Å². The van der Waals surface area contributed by atoms with Gasteiger partial charge in [0.05, 0.1) is 18.7 Å². The first kappa shape index (κ1) is 13.6. The molecule has 0 radical (unpaired) electrons. The number of hydrogen-bond acceptors (Lipinski definition) is 3. The number of likely N-dealkylation sites (N-methyl/N-ethyl adjacent to an activating group) is 1. The van der Waals surface area contributed by atoms with Crippen LogP contribution >= 0.6 is 0 Å². The third-order valence-corrected chi connectivity index (χ3v) is 2.84. The van der Waals surface area contributed by atoms with E-state index in [-0.39, 0.29) is 5.56 Å². The molecule has 2 rings (SSSR count). The summed E-state index contributed by atoms with van der Waals surface area (Å²) in [6.07, 6.45) is -4.12. The van der Waals surface area contributed by atoms with Crippen LogP contribution in [0.4, 0.5) is 13.2 Å². The third kappa shape index (κ3) is 3.14. The molecule has 0 saturated heterocycles. The van der Waals surface area contributed by atoms with Crippen LogP contribution in [0.5, 0.6) is 0 Å². The molecule has 6 heteroatoms. The van der Waals surface area contributed by atoms with Crippen molar-refractivity contribution >= 4 is 16.8 Å². The van der Waals surface area contributed by atoms with Gasteiger partial charge in [0.25, 0.3) is 0 Å². The molecule has 1 aromatic carbocycles. The molecule has 0 aliphatic heterocycles. The Morgan fingerprint density at radius 2 is 2.11 bits per heavy atom. The highest BCUT2D eigenvalue weighted by molar-refractivity contribution is 6.02. The molecule has 19 heavy (non-hydrogen) atoms. The van der Waals surface area contributed by atoms with Crippen molar-refractivity contribution in [3.05, 3.63) is 36.1 Å². The molecule has 0 bridgehead atoms. The molecular weight excluding hydrogens is 259 g/mol. The second-order valence-corrected chi connectivity index (χ2v) is 4.20. The van der Waals surface area contributed by atoms with Crippen molar-refractivity contribution in [2.24, 2.45) is 0 Å². The van der Waals surface area contributed by atoms with E-state index in [0.717, 1.165) is 5.39 Å². The van der Waals surface area contributed by atoms with Gasteiger partial charge in [0.2, 0.25) is 0 Å². The molecule has 0 aliphatic carbocycles. The van der Waals surface area contributed by atoms with Gasteiger partial charge in [-0.05, 0) is 19.2 Å². The number of furan rings is 1. The Morgan fingerprint density at radius 1 is 1.37 bits per heavy atom. The van der Waals surface area contributed by atoms with Gasteiger partial charge in [0.1, 0.15) is 5.58 Å². The van der Waals surface area contributed by atoms with Gasteiger partial charge in [-0.25, -0.2) is 0 Å². The van der Waals surface area contributed by atoms with Crippen LogP contribution in [0.15, 0.2) is 34.9 Å². The van der Waals surface area contributed by atoms with Gasteiger partial charge in [0, 0.05) is 10.9 Å². The summed E-state index contributed by atoms with van der Waals surface area (Å²) >= 11 is 0. The number of halogens is 3. The maximum atomic E-state index is 12.4. The topological polar surface area (TPSA) is 42.2 Å². The lowest BCUT2D eigenvalue weighted by Gasteiger charge is -2.16. The molecule has 0 aliphatic rings. The standard InChI is InChI=1S/C13H12F3NO2/c1-17-10(7-13(14,15)16)12(18)9-3-2-8-4-5-19-11(8)6-9/h2-6,10,17H,7H2,1H3. The van der Waals surface area contributed by atoms with E-state index in [2.05, 4.69) is 5.32 Å². The van der Waals surface area contributed by atoms with E-state index in [4.69, 9.17) is 4.42 Å². The van der Waals surface area contributed by atoms with Crippen LogP contribution < -0.4 is 5.32 Å². The van der Waals surface area contributed by atoms with Crippen molar-refractivity contribution < 1.29 is 22.4 Å². The van der Waals surface area contributed by atoms with E-state index >= 15 is 0 Å². The quantitative estimate of drug-likeness (QED) is 0.868. The molecule has 2 aromatic rings. The summed E-state index contributed by atoms with van der Waals surface area (Å²) in [5.41, 5.74) is 0.679. The van der Waals surface area contributed by atoms with Gasteiger partial charge in [-0.2, -0.15) is 13.2 Å². The predicted molar refractivity (Wildman–Crippen MR) is 64.1 cm³/mol. The highest BCUT2D eigenvalue weighted by atomic mass is 19.4. The predicted octanol–water partition coefficient (Wildman–Crippen LogP) is 3.16. The van der Waals surface area contributed by atoms with Crippen molar-refractivity contribution in [2.45, 2.75) is 18.6 Å². The van der Waals surface area contributed by atoms with Crippen LogP contribution in [0, 0.1) is 0 Å². The van der Waals surface area contributed by atoms with Crippen molar-refractivity contribution in [3.8, 4) is 0 Å². The van der Waals surface area contributed by atoms with E-state index in [1.807, 2.05) is 0 Å². The van der Waals surface area contributed by atoms with Crippen LogP contribution in [-0.4, -0.2) is 25.0 Å². The fraction of sp³-hybridized carbons (Fsp3) is 0.308. The number of benzene rings is 1. The number of Topliss-reactive ketones (excluding diaryl/α,β-unsaturated/α-hetero) is 1. The minimum absolute atomic E-state index is 0.200. The monoisotopic (exact) mass is 271 g/mol. The molecular formula is C13H12F3NO2. The molecule has 0 spiro atoms. The minimum atomic E-state index is -4.39. The van der Waals surface area contributed by atoms with E-state index in [1.165, 1.54) is 25.4 Å². The number of hydrogen-bond donors (Lipinski definition) is 1. The number of alkyl halides is 3. The average Bonchev–Trinajstić information content (AvgIpc) is 2.81. The Morgan fingerprint density at radius 3 is 2.74 bits per heavy atom. The number of carbonyl (C=O) groups excluding carboxylic acids is 1. The summed E-state index contributed by atoms with van der Waals surface area (Å²) in [4.78, 5) is 12.0. The number of ketones is 1. The molecule has 0 fully saturated rings. The van der Waals surface area contributed by atoms with E-state index in [0.29, 0.717) is 5.58 Å². The summed E-state index contributed by atoms with van der Waals surface area (Å²) in [5.74, 6) is -0.599. The SMILES string of the molecule is CNC(CC(F)(F)F)C(=O)c1ccc2ccoc2c1. The van der Waals surface area contributed by atoms with E-state index in [1.54, 1.807) is 12.1 Å². The fourth-order valence-electron chi connectivity index (χ4n) is 1.87. The summed E-state index contributed by atoms with van der Waals surface area (Å²) in [6, 6.07) is 5.04. The van der Waals surface area contributed by atoms with E-state index < -0.39 is 24.4 Å². The zero-order valence-corrected chi connectivity index (χ0v) is 10.1. The van der Waals surface area contributed by atoms with Gasteiger partial charge >= 0.3 is 6.18 Å². The maximum absolute atomic E-state index is 12.4. The number of nitrogens with one attached hydrogen (secondary N) is 1. The summed E-state index contributed by atoms with van der Waals surface area (Å²) in [6.45, 7) is 0. The van der Waals surface area contributed by atoms with Gasteiger partial charge in [-0.15, -0.1) is 0 Å². The van der Waals surface area contributed by atoms with Crippen LogP contribution in [0.1, 0.15) is 16.8 Å². The first-order valence-electron chi connectivity index (χ1n) is 5.66. The Balaban J connectivity index is 2.25. The lowest BCUT2D eigenvalue weighted by molar-refractivity contribution is -0.137. The minimum Gasteiger partial charge on any atom is -0.464 e. The molecule has 0 saturated carbocycles. The molecule has 3 nitrogen and oxygen atoms in total. The van der Waals surface area contributed by atoms with Crippen molar-refractivity contribution in [1.82, 2.24) is 5.32 Å². The lowest BCUT2D eigenvalue weighted by Crippen LogP contribution is -2.38. The average molecular weight is 271 g/mol. The Hall–Kier alpha value is -1.82. The van der Waals surface area contributed by atoms with Crippen LogP contribution in [0.25, 0.3) is 11.0 Å². The Labute approximate surface area is 107 Å². The molecule has 1 N–H and O–H groups in total. The van der Waals surface area contributed by atoms with Crippen LogP contribution in [0.2, 0.25) is 0 Å². The smallest absolute Gasteiger partial charge is 0.391 e. The molecule has 0 amide bonds. The largest absolute Gasteiger partial charge is 0.464 e. The highest BCUT2D eigenvalue weighted by Crippen LogP contribution is 2.24. The molecule has 102 valence electrons. The lowest BCUT2D eigenvalue weighted by atomic mass is 10.0. The normalized spacial score (nSPS) is 13.7. The van der Waals surface area contributed by atoms with Gasteiger partial charge in [-0.3, -0.25) is 4.79 Å². The number of fused-ring (bicyclic) bond motifs is 1. The maximum Gasteiger partial charge on any atom is 0.391 e. The Kier molecular flexibility index (Phi) is 3.61. The molecule has 1 aromatic heterocycles. The van der Waals surface area contributed by atoms with Crippen LogP contribution in [-0.2, 0) is 0 Å². The van der Waals surface area contributed by atoms with Gasteiger partial charge in [-0.1, -0.05) is 12.1 Å². The third-order valence-electron chi connectivity index (χ3n) is 2.84. The van der Waals surface area contributed by atoms with Gasteiger partial charge < -0.3 is 9.73 Å². The van der Waals surface area contributed by atoms with Crippen LogP contribution in [0.3, 0.4) is 0 Å². The number of rotatable bonds is 4. The summed E-state index contributed by atoms with van der Waals surface area (Å²) in [7, 11) is 1.33. The fourth-order valence-corrected chi connectivity index (χ4v) is 1.87. The molecule has 1 unspecified atom stereocenters. The zero-order chi connectivity index (χ0) is 14.0. The first-order chi connectivity index (χ1) is 8.90. The van der Waals surface area contributed by atoms with Crippen molar-refractivity contribution in [2.75, 3.05) is 7.05 Å². The Bertz CT molecular complexity index is 589. The number of carbonyl (C=O) groups is 1. The highest BCUT2D eigenvalue weighted by Gasteiger charge is 2.34. The molecule has 1 heterocycles.